The molecule has 0 atom stereocenters. The lowest BCUT2D eigenvalue weighted by Gasteiger charge is -2.21. The van der Waals surface area contributed by atoms with Crippen molar-refractivity contribution in [1.82, 2.24) is 0 Å². The van der Waals surface area contributed by atoms with Crippen LogP contribution in [0.3, 0.4) is 0 Å². The fourth-order valence-electron chi connectivity index (χ4n) is 1.41. The lowest BCUT2D eigenvalue weighted by molar-refractivity contribution is 0.100. The van der Waals surface area contributed by atoms with E-state index >= 15 is 0 Å². The summed E-state index contributed by atoms with van der Waals surface area (Å²) >= 11 is 0. The number of benzene rings is 1. The van der Waals surface area contributed by atoms with Crippen molar-refractivity contribution in [3.05, 3.63) is 29.8 Å². The van der Waals surface area contributed by atoms with Gasteiger partial charge in [0.1, 0.15) is 6.67 Å². The average Bonchev–Trinajstić information content (AvgIpc) is 2.26. The first-order valence-corrected chi connectivity index (χ1v) is 4.89. The van der Waals surface area contributed by atoms with Crippen molar-refractivity contribution in [2.75, 3.05) is 24.7 Å². The van der Waals surface area contributed by atoms with Gasteiger partial charge in [-0.05, 0) is 31.2 Å². The van der Waals surface area contributed by atoms with Crippen LogP contribution in [0, 0.1) is 0 Å². The number of primary amides is 1. The molecule has 0 aliphatic heterocycles. The van der Waals surface area contributed by atoms with E-state index in [0.29, 0.717) is 12.1 Å². The topological polar surface area (TPSA) is 46.3 Å². The van der Waals surface area contributed by atoms with E-state index in [-0.39, 0.29) is 6.67 Å². The molecule has 1 aromatic carbocycles. The van der Waals surface area contributed by atoms with E-state index in [2.05, 4.69) is 0 Å². The van der Waals surface area contributed by atoms with Crippen molar-refractivity contribution in [3.8, 4) is 0 Å². The number of anilines is 1. The summed E-state index contributed by atoms with van der Waals surface area (Å²) in [5.41, 5.74) is 6.49. The van der Waals surface area contributed by atoms with Gasteiger partial charge in [-0.25, -0.2) is 4.39 Å². The van der Waals surface area contributed by atoms with Gasteiger partial charge in [-0.2, -0.15) is 0 Å². The minimum Gasteiger partial charge on any atom is -0.369 e. The molecule has 2 N–H and O–H groups in total. The van der Waals surface area contributed by atoms with Crippen LogP contribution >= 0.6 is 0 Å². The van der Waals surface area contributed by atoms with Crippen molar-refractivity contribution in [2.45, 2.75) is 6.92 Å². The van der Waals surface area contributed by atoms with E-state index < -0.39 is 5.91 Å². The van der Waals surface area contributed by atoms with Crippen molar-refractivity contribution in [3.63, 3.8) is 0 Å². The molecule has 0 aliphatic carbocycles. The highest BCUT2D eigenvalue weighted by molar-refractivity contribution is 5.93. The molecule has 82 valence electrons. The van der Waals surface area contributed by atoms with Crippen LogP contribution in [-0.4, -0.2) is 25.7 Å². The molecule has 1 amide bonds. The second-order valence-corrected chi connectivity index (χ2v) is 3.18. The summed E-state index contributed by atoms with van der Waals surface area (Å²) in [6.45, 7) is 2.68. The Morgan fingerprint density at radius 3 is 2.40 bits per heavy atom. The largest absolute Gasteiger partial charge is 0.369 e. The molecule has 3 nitrogen and oxygen atoms in total. The average molecular weight is 210 g/mol. The quantitative estimate of drug-likeness (QED) is 0.802. The van der Waals surface area contributed by atoms with Gasteiger partial charge in [0.05, 0.1) is 0 Å². The van der Waals surface area contributed by atoms with Crippen LogP contribution in [0.2, 0.25) is 0 Å². The lowest BCUT2D eigenvalue weighted by Crippen LogP contribution is -2.25. The second kappa shape index (κ2) is 5.34. The van der Waals surface area contributed by atoms with Crippen LogP contribution in [0.5, 0.6) is 0 Å². The van der Waals surface area contributed by atoms with Gasteiger partial charge >= 0.3 is 0 Å². The van der Waals surface area contributed by atoms with E-state index in [9.17, 15) is 9.18 Å². The van der Waals surface area contributed by atoms with Crippen molar-refractivity contribution >= 4 is 11.6 Å². The zero-order valence-electron chi connectivity index (χ0n) is 8.74. The van der Waals surface area contributed by atoms with Gasteiger partial charge in [0, 0.05) is 24.3 Å². The van der Waals surface area contributed by atoms with E-state index in [0.717, 1.165) is 12.2 Å². The van der Waals surface area contributed by atoms with E-state index in [1.165, 1.54) is 0 Å². The Kier molecular flexibility index (Phi) is 4.09. The molecule has 0 saturated carbocycles. The molecule has 0 aliphatic rings. The van der Waals surface area contributed by atoms with Crippen molar-refractivity contribution in [2.24, 2.45) is 5.73 Å². The second-order valence-electron chi connectivity index (χ2n) is 3.18. The number of hydrogen-bond donors (Lipinski definition) is 1. The Morgan fingerprint density at radius 1 is 1.40 bits per heavy atom. The number of halogens is 1. The first-order valence-electron chi connectivity index (χ1n) is 4.89. The molecule has 0 spiro atoms. The Bertz CT molecular complexity index is 324. The van der Waals surface area contributed by atoms with E-state index in [1.807, 2.05) is 11.8 Å². The zero-order valence-corrected chi connectivity index (χ0v) is 8.74. The first-order chi connectivity index (χ1) is 7.19. The molecular weight excluding hydrogens is 195 g/mol. The number of alkyl halides is 1. The van der Waals surface area contributed by atoms with Crippen molar-refractivity contribution in [1.29, 1.82) is 0 Å². The van der Waals surface area contributed by atoms with Crippen LogP contribution in [0.25, 0.3) is 0 Å². The number of nitrogens with two attached hydrogens (primary N) is 1. The fraction of sp³-hybridized carbons (Fsp3) is 0.364. The van der Waals surface area contributed by atoms with E-state index in [4.69, 9.17) is 5.73 Å². The van der Waals surface area contributed by atoms with Gasteiger partial charge in [0.25, 0.3) is 0 Å². The molecule has 0 saturated heterocycles. The minimum atomic E-state index is -0.449. The molecular formula is C11H15FN2O. The van der Waals surface area contributed by atoms with Crippen LogP contribution in [-0.2, 0) is 0 Å². The predicted molar refractivity (Wildman–Crippen MR) is 58.8 cm³/mol. The Labute approximate surface area is 88.7 Å². The molecule has 0 radical (unpaired) electrons. The predicted octanol–water partition coefficient (Wildman–Crippen LogP) is 1.58. The SMILES string of the molecule is CCN(CCF)c1ccc(C(N)=O)cc1. The van der Waals surface area contributed by atoms with Gasteiger partial charge < -0.3 is 10.6 Å². The van der Waals surface area contributed by atoms with Gasteiger partial charge in [-0.3, -0.25) is 4.79 Å². The maximum Gasteiger partial charge on any atom is 0.248 e. The summed E-state index contributed by atoms with van der Waals surface area (Å²) in [6, 6.07) is 6.86. The van der Waals surface area contributed by atoms with Crippen LogP contribution in [0.1, 0.15) is 17.3 Å². The third-order valence-electron chi connectivity index (χ3n) is 2.25. The maximum atomic E-state index is 12.2. The molecule has 1 rings (SSSR count). The van der Waals surface area contributed by atoms with Gasteiger partial charge in [-0.1, -0.05) is 0 Å². The summed E-state index contributed by atoms with van der Waals surface area (Å²) in [4.78, 5) is 12.7. The van der Waals surface area contributed by atoms with Crippen LogP contribution in [0.4, 0.5) is 10.1 Å². The summed E-state index contributed by atoms with van der Waals surface area (Å²) < 4.78 is 12.2. The molecule has 0 unspecified atom stereocenters. The molecule has 4 heteroatoms. The molecule has 0 fully saturated rings. The lowest BCUT2D eigenvalue weighted by atomic mass is 10.2. The Balaban J connectivity index is 2.81. The number of rotatable bonds is 5. The van der Waals surface area contributed by atoms with Crippen LogP contribution in [0.15, 0.2) is 24.3 Å². The Morgan fingerprint density at radius 2 is 2.00 bits per heavy atom. The molecule has 1 aromatic rings. The number of carbonyl (C=O) groups excluding carboxylic acids is 1. The number of carbonyl (C=O) groups is 1. The fourth-order valence-corrected chi connectivity index (χ4v) is 1.41. The molecule has 0 aromatic heterocycles. The number of nitrogens with zero attached hydrogens (tertiary/aromatic N) is 1. The van der Waals surface area contributed by atoms with E-state index in [1.54, 1.807) is 24.3 Å². The normalized spacial score (nSPS) is 10.0. The van der Waals surface area contributed by atoms with Gasteiger partial charge in [-0.15, -0.1) is 0 Å². The summed E-state index contributed by atoms with van der Waals surface area (Å²) in [6.07, 6.45) is 0. The first kappa shape index (κ1) is 11.5. The standard InChI is InChI=1S/C11H15FN2O/c1-2-14(8-7-12)10-5-3-9(4-6-10)11(13)15/h3-6H,2,7-8H2,1H3,(H2,13,15). The maximum absolute atomic E-state index is 12.2. The third kappa shape index (κ3) is 2.94. The highest BCUT2D eigenvalue weighted by Crippen LogP contribution is 2.14. The highest BCUT2D eigenvalue weighted by Gasteiger charge is 2.05. The third-order valence-corrected chi connectivity index (χ3v) is 2.25. The summed E-state index contributed by atoms with van der Waals surface area (Å²) in [7, 11) is 0. The number of hydrogen-bond acceptors (Lipinski definition) is 2. The summed E-state index contributed by atoms with van der Waals surface area (Å²) in [5.74, 6) is -0.449. The Hall–Kier alpha value is -1.58. The van der Waals surface area contributed by atoms with Crippen LogP contribution < -0.4 is 10.6 Å². The molecule has 15 heavy (non-hydrogen) atoms. The zero-order chi connectivity index (χ0) is 11.3. The van der Waals surface area contributed by atoms with Crippen molar-refractivity contribution < 1.29 is 9.18 Å². The summed E-state index contributed by atoms with van der Waals surface area (Å²) in [5, 5.41) is 0. The molecule has 0 bridgehead atoms. The smallest absolute Gasteiger partial charge is 0.248 e. The number of amides is 1. The molecule has 0 heterocycles. The van der Waals surface area contributed by atoms with Gasteiger partial charge in [0.2, 0.25) is 5.91 Å². The highest BCUT2D eigenvalue weighted by atomic mass is 19.1. The van der Waals surface area contributed by atoms with Gasteiger partial charge in [0.15, 0.2) is 0 Å². The monoisotopic (exact) mass is 210 g/mol. The minimum absolute atomic E-state index is 0.367.